The molecule has 0 atom stereocenters. The summed E-state index contributed by atoms with van der Waals surface area (Å²) in [5.41, 5.74) is 8.11. The molecule has 0 saturated heterocycles. The number of esters is 1. The molecule has 2 N–H and O–H groups in total. The zero-order chi connectivity index (χ0) is 17.4. The highest BCUT2D eigenvalue weighted by Gasteiger charge is 2.22. The van der Waals surface area contributed by atoms with Crippen molar-refractivity contribution in [2.45, 2.75) is 19.9 Å². The van der Waals surface area contributed by atoms with Crippen LogP contribution in [-0.2, 0) is 4.74 Å². The molecule has 0 aliphatic rings. The molecule has 0 aliphatic heterocycles. The summed E-state index contributed by atoms with van der Waals surface area (Å²) in [5, 5.41) is 14.5. The normalized spacial score (nSPS) is 11.0. The predicted molar refractivity (Wildman–Crippen MR) is 89.9 cm³/mol. The monoisotopic (exact) mass is 323 g/mol. The summed E-state index contributed by atoms with van der Waals surface area (Å²) in [6, 6.07) is 7.92. The first-order chi connectivity index (χ1) is 11.5. The second-order valence-electron chi connectivity index (χ2n) is 5.70. The van der Waals surface area contributed by atoms with Crippen LogP contribution < -0.4 is 5.73 Å². The van der Waals surface area contributed by atoms with Crippen molar-refractivity contribution in [3.05, 3.63) is 41.9 Å². The number of nitriles is 1. The van der Waals surface area contributed by atoms with Gasteiger partial charge in [0.15, 0.2) is 5.69 Å². The zero-order valence-electron chi connectivity index (χ0n) is 13.6. The Morgan fingerprint density at radius 1 is 1.42 bits per heavy atom. The van der Waals surface area contributed by atoms with E-state index in [1.807, 2.05) is 29.0 Å². The average Bonchev–Trinajstić information content (AvgIpc) is 3.14. The van der Waals surface area contributed by atoms with Crippen LogP contribution in [0.4, 0.5) is 5.69 Å². The molecular weight excluding hydrogens is 306 g/mol. The smallest absolute Gasteiger partial charge is 0.357 e. The van der Waals surface area contributed by atoms with Crippen LogP contribution in [0, 0.1) is 11.3 Å². The van der Waals surface area contributed by atoms with Gasteiger partial charge in [-0.15, -0.1) is 0 Å². The standard InChI is InChI=1S/C17H17N5O2/c1-10(2)22-14-5-4-13(6-11(14)8-20-22)21-9-12(7-18)15(19)16(21)17(23)24-3/h4-6,8-10H,19H2,1-3H3. The Morgan fingerprint density at radius 2 is 2.17 bits per heavy atom. The van der Waals surface area contributed by atoms with Gasteiger partial charge in [0.05, 0.1) is 30.1 Å². The van der Waals surface area contributed by atoms with Gasteiger partial charge in [-0.3, -0.25) is 4.68 Å². The number of anilines is 1. The summed E-state index contributed by atoms with van der Waals surface area (Å²) in [6.45, 7) is 4.11. The molecule has 2 heterocycles. The van der Waals surface area contributed by atoms with Gasteiger partial charge >= 0.3 is 5.97 Å². The van der Waals surface area contributed by atoms with Crippen LogP contribution in [0.1, 0.15) is 35.9 Å². The Hall–Kier alpha value is -3.27. The number of carbonyl (C=O) groups excluding carboxylic acids is 1. The van der Waals surface area contributed by atoms with Crippen molar-refractivity contribution < 1.29 is 9.53 Å². The molecule has 0 fully saturated rings. The summed E-state index contributed by atoms with van der Waals surface area (Å²) >= 11 is 0. The van der Waals surface area contributed by atoms with Crippen molar-refractivity contribution in [1.82, 2.24) is 14.3 Å². The van der Waals surface area contributed by atoms with E-state index in [0.717, 1.165) is 10.9 Å². The van der Waals surface area contributed by atoms with Gasteiger partial charge in [-0.2, -0.15) is 10.4 Å². The SMILES string of the molecule is COC(=O)c1c(N)c(C#N)cn1-c1ccc2c(cnn2C(C)C)c1. The molecule has 0 spiro atoms. The highest BCUT2D eigenvalue weighted by Crippen LogP contribution is 2.27. The number of fused-ring (bicyclic) bond motifs is 1. The first-order valence-electron chi connectivity index (χ1n) is 7.44. The summed E-state index contributed by atoms with van der Waals surface area (Å²) in [4.78, 5) is 12.1. The largest absolute Gasteiger partial charge is 0.464 e. The van der Waals surface area contributed by atoms with Gasteiger partial charge in [-0.05, 0) is 32.0 Å². The molecule has 0 amide bonds. The summed E-state index contributed by atoms with van der Waals surface area (Å²) in [7, 11) is 1.28. The quantitative estimate of drug-likeness (QED) is 0.747. The van der Waals surface area contributed by atoms with Crippen LogP contribution in [0.3, 0.4) is 0 Å². The van der Waals surface area contributed by atoms with Gasteiger partial charge < -0.3 is 15.0 Å². The van der Waals surface area contributed by atoms with E-state index in [-0.39, 0.29) is 23.0 Å². The highest BCUT2D eigenvalue weighted by molar-refractivity contribution is 5.96. The third-order valence-corrected chi connectivity index (χ3v) is 3.89. The lowest BCUT2D eigenvalue weighted by molar-refractivity contribution is 0.0593. The second kappa shape index (κ2) is 5.74. The molecule has 0 aliphatic carbocycles. The molecule has 1 aromatic carbocycles. The van der Waals surface area contributed by atoms with Crippen molar-refractivity contribution in [2.24, 2.45) is 0 Å². The molecule has 0 saturated carbocycles. The van der Waals surface area contributed by atoms with E-state index in [2.05, 4.69) is 18.9 Å². The molecule has 24 heavy (non-hydrogen) atoms. The number of carbonyl (C=O) groups is 1. The Balaban J connectivity index is 2.21. The van der Waals surface area contributed by atoms with E-state index < -0.39 is 5.97 Å². The highest BCUT2D eigenvalue weighted by atomic mass is 16.5. The van der Waals surface area contributed by atoms with Gasteiger partial charge in [0.2, 0.25) is 0 Å². The van der Waals surface area contributed by atoms with E-state index in [1.165, 1.54) is 13.3 Å². The Kier molecular flexibility index (Phi) is 3.73. The van der Waals surface area contributed by atoms with E-state index in [4.69, 9.17) is 10.5 Å². The first-order valence-corrected chi connectivity index (χ1v) is 7.44. The molecule has 122 valence electrons. The number of hydrogen-bond acceptors (Lipinski definition) is 5. The maximum Gasteiger partial charge on any atom is 0.357 e. The number of nitrogens with two attached hydrogens (primary N) is 1. The van der Waals surface area contributed by atoms with Crippen molar-refractivity contribution in [3.63, 3.8) is 0 Å². The zero-order valence-corrected chi connectivity index (χ0v) is 13.6. The van der Waals surface area contributed by atoms with E-state index >= 15 is 0 Å². The van der Waals surface area contributed by atoms with Crippen LogP contribution in [0.2, 0.25) is 0 Å². The molecular formula is C17H17N5O2. The molecule has 2 aromatic heterocycles. The lowest BCUT2D eigenvalue weighted by atomic mass is 10.2. The number of nitrogen functional groups attached to an aromatic ring is 1. The number of methoxy groups -OCH3 is 1. The lowest BCUT2D eigenvalue weighted by Crippen LogP contribution is -2.11. The topological polar surface area (TPSA) is 98.9 Å². The van der Waals surface area contributed by atoms with Crippen molar-refractivity contribution in [2.75, 3.05) is 12.8 Å². The Labute approximate surface area is 138 Å². The fraction of sp³-hybridized carbons (Fsp3) is 0.235. The van der Waals surface area contributed by atoms with Gasteiger partial charge in [0.25, 0.3) is 0 Å². The van der Waals surface area contributed by atoms with Crippen molar-refractivity contribution >= 4 is 22.6 Å². The predicted octanol–water partition coefficient (Wildman–Crippen LogP) is 2.65. The summed E-state index contributed by atoms with van der Waals surface area (Å²) < 4.78 is 8.29. The number of rotatable bonds is 3. The number of ether oxygens (including phenoxy) is 1. The minimum absolute atomic E-state index is 0.113. The lowest BCUT2D eigenvalue weighted by Gasteiger charge is -2.10. The minimum atomic E-state index is -0.591. The molecule has 0 bridgehead atoms. The van der Waals surface area contributed by atoms with Crippen LogP contribution in [-0.4, -0.2) is 27.4 Å². The number of aromatic nitrogens is 3. The van der Waals surface area contributed by atoms with Crippen LogP contribution >= 0.6 is 0 Å². The molecule has 3 rings (SSSR count). The minimum Gasteiger partial charge on any atom is -0.464 e. The molecule has 0 unspecified atom stereocenters. The molecule has 7 nitrogen and oxygen atoms in total. The summed E-state index contributed by atoms with van der Waals surface area (Å²) in [6.07, 6.45) is 3.31. The van der Waals surface area contributed by atoms with Crippen LogP contribution in [0.5, 0.6) is 0 Å². The molecule has 0 radical (unpaired) electrons. The Morgan fingerprint density at radius 3 is 2.79 bits per heavy atom. The van der Waals surface area contributed by atoms with E-state index in [9.17, 15) is 10.1 Å². The average molecular weight is 323 g/mol. The fourth-order valence-electron chi connectivity index (χ4n) is 2.72. The maximum absolute atomic E-state index is 12.1. The number of nitrogens with zero attached hydrogens (tertiary/aromatic N) is 4. The first kappa shape index (κ1) is 15.6. The fourth-order valence-corrected chi connectivity index (χ4v) is 2.72. The van der Waals surface area contributed by atoms with Gasteiger partial charge in [0, 0.05) is 23.3 Å². The van der Waals surface area contributed by atoms with Gasteiger partial charge in [-0.1, -0.05) is 0 Å². The third-order valence-electron chi connectivity index (χ3n) is 3.89. The van der Waals surface area contributed by atoms with E-state index in [0.29, 0.717) is 5.69 Å². The maximum atomic E-state index is 12.1. The second-order valence-corrected chi connectivity index (χ2v) is 5.70. The molecule has 7 heteroatoms. The molecule has 3 aromatic rings. The summed E-state index contributed by atoms with van der Waals surface area (Å²) in [5.74, 6) is -0.591. The van der Waals surface area contributed by atoms with Gasteiger partial charge in [0.1, 0.15) is 6.07 Å². The third kappa shape index (κ3) is 2.29. The van der Waals surface area contributed by atoms with Gasteiger partial charge in [-0.25, -0.2) is 4.79 Å². The number of benzene rings is 1. The van der Waals surface area contributed by atoms with E-state index in [1.54, 1.807) is 10.8 Å². The number of hydrogen-bond donors (Lipinski definition) is 1. The van der Waals surface area contributed by atoms with Crippen molar-refractivity contribution in [3.8, 4) is 11.8 Å². The van der Waals surface area contributed by atoms with Crippen LogP contribution in [0.15, 0.2) is 30.6 Å². The Bertz CT molecular complexity index is 975. The van der Waals surface area contributed by atoms with Crippen molar-refractivity contribution in [1.29, 1.82) is 5.26 Å². The van der Waals surface area contributed by atoms with Crippen LogP contribution in [0.25, 0.3) is 16.6 Å².